The summed E-state index contributed by atoms with van der Waals surface area (Å²) in [6.45, 7) is 4.81. The number of hydrogen-bond acceptors (Lipinski definition) is 6. The van der Waals surface area contributed by atoms with Gasteiger partial charge in [0.15, 0.2) is 0 Å². The first-order valence-corrected chi connectivity index (χ1v) is 7.59. The molecule has 0 saturated carbocycles. The normalized spacial score (nSPS) is 15.2. The predicted molar refractivity (Wildman–Crippen MR) is 79.9 cm³/mol. The summed E-state index contributed by atoms with van der Waals surface area (Å²) in [5, 5.41) is 0.123. The van der Waals surface area contributed by atoms with Crippen LogP contribution in [-0.4, -0.2) is 58.7 Å². The summed E-state index contributed by atoms with van der Waals surface area (Å²) in [5.41, 5.74) is 0. The Balaban J connectivity index is 1.86. The standard InChI is InChI=1S/C12H17Cl2N5O2/c1-2-3-8-21-12(20)19-6-4-18(5-7-19)11-16-9(13)15-10(14)17-11/h2-8H2,1H3. The average molecular weight is 334 g/mol. The number of amides is 1. The van der Waals surface area contributed by atoms with E-state index in [1.54, 1.807) is 4.90 Å². The minimum Gasteiger partial charge on any atom is -0.449 e. The highest BCUT2D eigenvalue weighted by molar-refractivity contribution is 6.31. The monoisotopic (exact) mass is 333 g/mol. The molecule has 116 valence electrons. The van der Waals surface area contributed by atoms with Crippen LogP contribution in [0.3, 0.4) is 0 Å². The van der Waals surface area contributed by atoms with E-state index in [-0.39, 0.29) is 16.7 Å². The maximum absolute atomic E-state index is 11.8. The second-order valence-electron chi connectivity index (χ2n) is 4.62. The molecule has 1 aliphatic rings. The fraction of sp³-hybridized carbons (Fsp3) is 0.667. The summed E-state index contributed by atoms with van der Waals surface area (Å²) >= 11 is 11.5. The summed E-state index contributed by atoms with van der Waals surface area (Å²) in [6.07, 6.45) is 1.62. The lowest BCUT2D eigenvalue weighted by Crippen LogP contribution is -2.49. The van der Waals surface area contributed by atoms with Crippen LogP contribution in [0, 0.1) is 0 Å². The Morgan fingerprint density at radius 2 is 1.76 bits per heavy atom. The first-order valence-electron chi connectivity index (χ1n) is 6.84. The highest BCUT2D eigenvalue weighted by Crippen LogP contribution is 2.16. The van der Waals surface area contributed by atoms with E-state index in [9.17, 15) is 4.79 Å². The number of carbonyl (C=O) groups is 1. The van der Waals surface area contributed by atoms with Gasteiger partial charge in [-0.2, -0.15) is 15.0 Å². The van der Waals surface area contributed by atoms with Crippen LogP contribution >= 0.6 is 23.2 Å². The molecule has 0 unspecified atom stereocenters. The zero-order chi connectivity index (χ0) is 15.2. The van der Waals surface area contributed by atoms with Crippen molar-refractivity contribution in [2.75, 3.05) is 37.7 Å². The van der Waals surface area contributed by atoms with Crippen LogP contribution in [0.15, 0.2) is 0 Å². The van der Waals surface area contributed by atoms with Crippen molar-refractivity contribution in [2.24, 2.45) is 0 Å². The van der Waals surface area contributed by atoms with Crippen LogP contribution < -0.4 is 4.90 Å². The number of carbonyl (C=O) groups excluding carboxylic acids is 1. The van der Waals surface area contributed by atoms with Crippen LogP contribution in [0.1, 0.15) is 19.8 Å². The van der Waals surface area contributed by atoms with Crippen molar-refractivity contribution in [3.05, 3.63) is 10.6 Å². The molecule has 1 aromatic rings. The predicted octanol–water partition coefficient (Wildman–Crippen LogP) is 2.24. The third-order valence-corrected chi connectivity index (χ3v) is 3.45. The smallest absolute Gasteiger partial charge is 0.409 e. The van der Waals surface area contributed by atoms with E-state index in [1.807, 2.05) is 4.90 Å². The SMILES string of the molecule is CCCCOC(=O)N1CCN(c2nc(Cl)nc(Cl)n2)CC1. The molecule has 9 heteroatoms. The van der Waals surface area contributed by atoms with Gasteiger partial charge in [-0.05, 0) is 29.6 Å². The van der Waals surface area contributed by atoms with Crippen molar-refractivity contribution < 1.29 is 9.53 Å². The largest absolute Gasteiger partial charge is 0.449 e. The van der Waals surface area contributed by atoms with Gasteiger partial charge >= 0.3 is 6.09 Å². The van der Waals surface area contributed by atoms with Crippen molar-refractivity contribution in [2.45, 2.75) is 19.8 Å². The minimum absolute atomic E-state index is 0.0615. The molecular formula is C12H17Cl2N5O2. The molecule has 2 heterocycles. The number of aromatic nitrogens is 3. The van der Waals surface area contributed by atoms with Crippen LogP contribution in [0.25, 0.3) is 0 Å². The molecule has 21 heavy (non-hydrogen) atoms. The van der Waals surface area contributed by atoms with Crippen LogP contribution in [0.5, 0.6) is 0 Å². The molecule has 1 aliphatic heterocycles. The quantitative estimate of drug-likeness (QED) is 0.787. The molecule has 1 saturated heterocycles. The second kappa shape index (κ2) is 7.61. The molecule has 0 atom stereocenters. The summed E-state index contributed by atoms with van der Waals surface area (Å²) < 4.78 is 5.19. The van der Waals surface area contributed by atoms with E-state index in [4.69, 9.17) is 27.9 Å². The third-order valence-electron chi connectivity index (χ3n) is 3.11. The lowest BCUT2D eigenvalue weighted by atomic mass is 10.3. The van der Waals surface area contributed by atoms with Gasteiger partial charge in [-0.25, -0.2) is 4.79 Å². The zero-order valence-electron chi connectivity index (χ0n) is 11.8. The molecule has 1 amide bonds. The Morgan fingerprint density at radius 1 is 1.14 bits per heavy atom. The summed E-state index contributed by atoms with van der Waals surface area (Å²) in [5.74, 6) is 0.430. The molecule has 0 aromatic carbocycles. The summed E-state index contributed by atoms with van der Waals surface area (Å²) in [6, 6.07) is 0. The molecule has 1 fully saturated rings. The fourth-order valence-electron chi connectivity index (χ4n) is 1.94. The summed E-state index contributed by atoms with van der Waals surface area (Å²) in [4.78, 5) is 27.2. The Bertz CT molecular complexity index is 474. The fourth-order valence-corrected chi connectivity index (χ4v) is 2.30. The van der Waals surface area contributed by atoms with Crippen LogP contribution in [0.2, 0.25) is 10.6 Å². The Hall–Kier alpha value is -1.34. The molecule has 1 aromatic heterocycles. The molecule has 7 nitrogen and oxygen atoms in total. The number of rotatable bonds is 4. The van der Waals surface area contributed by atoms with Gasteiger partial charge in [0.2, 0.25) is 16.5 Å². The number of ether oxygens (including phenoxy) is 1. The molecule has 0 aliphatic carbocycles. The maximum atomic E-state index is 11.8. The molecule has 2 rings (SSSR count). The Labute approximate surface area is 133 Å². The van der Waals surface area contributed by atoms with Gasteiger partial charge in [0.05, 0.1) is 6.61 Å². The minimum atomic E-state index is -0.269. The number of unbranched alkanes of at least 4 members (excludes halogenated alkanes) is 1. The van der Waals surface area contributed by atoms with Crippen molar-refractivity contribution >= 4 is 35.2 Å². The van der Waals surface area contributed by atoms with Crippen molar-refractivity contribution in [3.8, 4) is 0 Å². The van der Waals surface area contributed by atoms with E-state index in [0.717, 1.165) is 12.8 Å². The molecule has 0 N–H and O–H groups in total. The Morgan fingerprint density at radius 3 is 2.33 bits per heavy atom. The summed E-state index contributed by atoms with van der Waals surface area (Å²) in [7, 11) is 0. The van der Waals surface area contributed by atoms with E-state index in [0.29, 0.717) is 38.7 Å². The number of anilines is 1. The van der Waals surface area contributed by atoms with Gasteiger partial charge in [0.25, 0.3) is 0 Å². The lowest BCUT2D eigenvalue weighted by molar-refractivity contribution is 0.0988. The van der Waals surface area contributed by atoms with Gasteiger partial charge in [-0.15, -0.1) is 0 Å². The van der Waals surface area contributed by atoms with Crippen molar-refractivity contribution in [3.63, 3.8) is 0 Å². The van der Waals surface area contributed by atoms with E-state index in [1.165, 1.54) is 0 Å². The topological polar surface area (TPSA) is 71.5 Å². The molecular weight excluding hydrogens is 317 g/mol. The first kappa shape index (κ1) is 16.0. The van der Waals surface area contributed by atoms with E-state index >= 15 is 0 Å². The Kier molecular flexibility index (Phi) is 5.81. The van der Waals surface area contributed by atoms with Gasteiger partial charge < -0.3 is 14.5 Å². The maximum Gasteiger partial charge on any atom is 0.409 e. The average Bonchev–Trinajstić information content (AvgIpc) is 2.46. The van der Waals surface area contributed by atoms with Crippen molar-refractivity contribution in [1.82, 2.24) is 19.9 Å². The lowest BCUT2D eigenvalue weighted by Gasteiger charge is -2.34. The van der Waals surface area contributed by atoms with Crippen molar-refractivity contribution in [1.29, 1.82) is 0 Å². The second-order valence-corrected chi connectivity index (χ2v) is 5.29. The van der Waals surface area contributed by atoms with E-state index < -0.39 is 0 Å². The molecule has 0 radical (unpaired) electrons. The van der Waals surface area contributed by atoms with Crippen LogP contribution in [-0.2, 0) is 4.74 Å². The molecule has 0 bridgehead atoms. The van der Waals surface area contributed by atoms with Gasteiger partial charge in [0, 0.05) is 26.2 Å². The number of hydrogen-bond donors (Lipinski definition) is 0. The third kappa shape index (κ3) is 4.57. The number of nitrogens with zero attached hydrogens (tertiary/aromatic N) is 5. The van der Waals surface area contributed by atoms with Gasteiger partial charge in [0.1, 0.15) is 0 Å². The van der Waals surface area contributed by atoms with E-state index in [2.05, 4.69) is 21.9 Å². The van der Waals surface area contributed by atoms with Gasteiger partial charge in [-0.1, -0.05) is 13.3 Å². The van der Waals surface area contributed by atoms with Gasteiger partial charge in [-0.3, -0.25) is 0 Å². The first-order chi connectivity index (χ1) is 10.1. The molecule has 0 spiro atoms. The zero-order valence-corrected chi connectivity index (χ0v) is 13.3. The number of piperazine rings is 1. The van der Waals surface area contributed by atoms with Crippen LogP contribution in [0.4, 0.5) is 10.7 Å². The highest BCUT2D eigenvalue weighted by atomic mass is 35.5. The number of halogens is 2. The highest BCUT2D eigenvalue weighted by Gasteiger charge is 2.24.